The third-order valence-electron chi connectivity index (χ3n) is 7.19. The van der Waals surface area contributed by atoms with Crippen molar-refractivity contribution in [3.8, 4) is 33.8 Å². The Morgan fingerprint density at radius 2 is 1.90 bits per heavy atom. The van der Waals surface area contributed by atoms with Gasteiger partial charge in [-0.2, -0.15) is 5.10 Å². The van der Waals surface area contributed by atoms with E-state index in [4.69, 9.17) is 0 Å². The van der Waals surface area contributed by atoms with Crippen LogP contribution in [0.5, 0.6) is 0 Å². The van der Waals surface area contributed by atoms with Crippen LogP contribution in [0.25, 0.3) is 55.8 Å². The molecule has 0 atom stereocenters. The highest BCUT2D eigenvalue weighted by atomic mass is 19.1. The van der Waals surface area contributed by atoms with E-state index >= 15 is 4.39 Å². The molecule has 7 rings (SSSR count). The number of amides is 1. The third-order valence-corrected chi connectivity index (χ3v) is 7.19. The molecule has 0 radical (unpaired) electrons. The molecule has 1 saturated carbocycles. The summed E-state index contributed by atoms with van der Waals surface area (Å²) in [4.78, 5) is 28.9. The first kappa shape index (κ1) is 23.2. The molecule has 39 heavy (non-hydrogen) atoms. The fraction of sp³-hybridized carbons (Fsp3) is 0.138. The standard InChI is InChI=1S/C29H21F2N7O/c30-19-6-2-5-16(9-19)21-7-8-33-27-25(21)35-28(36-27)26-22-11-17(12-23(31)24(22)37-38-26)18-10-20(14-32-13-18)34-29(39)15-3-1-4-15/h2,5-15H,1,3-4H2,(H,34,39)(H,37,38)(H,33,35,36). The maximum atomic E-state index is 15.2. The molecule has 0 unspecified atom stereocenters. The molecular formula is C29H21F2N7O. The molecule has 3 N–H and O–H groups in total. The number of rotatable bonds is 5. The molecule has 0 saturated heterocycles. The van der Waals surface area contributed by atoms with Crippen LogP contribution in [-0.4, -0.2) is 36.0 Å². The molecule has 1 amide bonds. The van der Waals surface area contributed by atoms with Crippen LogP contribution in [0.2, 0.25) is 0 Å². The summed E-state index contributed by atoms with van der Waals surface area (Å²) in [7, 11) is 0. The Labute approximate surface area is 220 Å². The van der Waals surface area contributed by atoms with Gasteiger partial charge >= 0.3 is 0 Å². The second-order valence-corrected chi connectivity index (χ2v) is 9.69. The van der Waals surface area contributed by atoms with Crippen LogP contribution in [-0.2, 0) is 4.79 Å². The molecule has 6 aromatic rings. The van der Waals surface area contributed by atoms with Crippen molar-refractivity contribution >= 4 is 33.7 Å². The molecule has 192 valence electrons. The highest BCUT2D eigenvalue weighted by Gasteiger charge is 2.25. The summed E-state index contributed by atoms with van der Waals surface area (Å²) in [5.41, 5.74) is 4.90. The molecular weight excluding hydrogens is 500 g/mol. The lowest BCUT2D eigenvalue weighted by atomic mass is 9.85. The van der Waals surface area contributed by atoms with E-state index in [0.717, 1.165) is 24.8 Å². The van der Waals surface area contributed by atoms with Gasteiger partial charge in [-0.05, 0) is 60.4 Å². The Morgan fingerprint density at radius 1 is 1.00 bits per heavy atom. The van der Waals surface area contributed by atoms with Crippen molar-refractivity contribution in [2.24, 2.45) is 5.92 Å². The number of pyridine rings is 2. The number of fused-ring (bicyclic) bond motifs is 2. The molecule has 8 nitrogen and oxygen atoms in total. The zero-order chi connectivity index (χ0) is 26.5. The zero-order valence-corrected chi connectivity index (χ0v) is 20.5. The number of hydrogen-bond donors (Lipinski definition) is 3. The lowest BCUT2D eigenvalue weighted by Gasteiger charge is -2.24. The van der Waals surface area contributed by atoms with Gasteiger partial charge in [-0.3, -0.25) is 14.9 Å². The average molecular weight is 522 g/mol. The lowest BCUT2D eigenvalue weighted by molar-refractivity contribution is -0.122. The van der Waals surface area contributed by atoms with Gasteiger partial charge in [0.05, 0.1) is 17.4 Å². The maximum Gasteiger partial charge on any atom is 0.227 e. The average Bonchev–Trinajstić information content (AvgIpc) is 3.52. The van der Waals surface area contributed by atoms with Crippen LogP contribution in [0, 0.1) is 17.6 Å². The van der Waals surface area contributed by atoms with E-state index in [1.807, 2.05) is 6.07 Å². The van der Waals surface area contributed by atoms with E-state index < -0.39 is 5.82 Å². The van der Waals surface area contributed by atoms with Crippen molar-refractivity contribution in [1.82, 2.24) is 30.1 Å². The number of H-pyrrole nitrogens is 2. The molecule has 4 heterocycles. The highest BCUT2D eigenvalue weighted by Crippen LogP contribution is 2.34. The Kier molecular flexibility index (Phi) is 5.39. The lowest BCUT2D eigenvalue weighted by Crippen LogP contribution is -2.28. The fourth-order valence-corrected chi connectivity index (χ4v) is 4.93. The van der Waals surface area contributed by atoms with Crippen LogP contribution in [0.4, 0.5) is 14.5 Å². The predicted molar refractivity (Wildman–Crippen MR) is 144 cm³/mol. The minimum atomic E-state index is -0.511. The second-order valence-electron chi connectivity index (χ2n) is 9.69. The van der Waals surface area contributed by atoms with E-state index in [1.165, 1.54) is 18.2 Å². The number of imidazole rings is 1. The minimum absolute atomic E-state index is 0.0185. The Bertz CT molecular complexity index is 1890. The highest BCUT2D eigenvalue weighted by molar-refractivity contribution is 5.98. The first-order valence-corrected chi connectivity index (χ1v) is 12.6. The van der Waals surface area contributed by atoms with Crippen molar-refractivity contribution in [1.29, 1.82) is 0 Å². The van der Waals surface area contributed by atoms with Gasteiger partial charge in [0.2, 0.25) is 5.91 Å². The van der Waals surface area contributed by atoms with E-state index in [0.29, 0.717) is 50.4 Å². The quantitative estimate of drug-likeness (QED) is 0.248. The molecule has 0 bridgehead atoms. The molecule has 0 spiro atoms. The molecule has 2 aromatic carbocycles. The van der Waals surface area contributed by atoms with Crippen LogP contribution >= 0.6 is 0 Å². The molecule has 0 aliphatic heterocycles. The van der Waals surface area contributed by atoms with Crippen molar-refractivity contribution < 1.29 is 13.6 Å². The Balaban J connectivity index is 1.29. The predicted octanol–water partition coefficient (Wildman–Crippen LogP) is 6.25. The van der Waals surface area contributed by atoms with Crippen molar-refractivity contribution in [3.05, 3.63) is 78.8 Å². The van der Waals surface area contributed by atoms with Crippen molar-refractivity contribution in [3.63, 3.8) is 0 Å². The van der Waals surface area contributed by atoms with Gasteiger partial charge in [0.25, 0.3) is 0 Å². The SMILES string of the molecule is O=C(Nc1cncc(-c2cc(F)c3n[nH]c(-c4nc5nccc(-c6cccc(F)c6)c5[nH]4)c3c2)c1)C1CCC1. The van der Waals surface area contributed by atoms with Crippen LogP contribution < -0.4 is 5.32 Å². The number of carbonyl (C=O) groups excluding carboxylic acids is 1. The number of carbonyl (C=O) groups is 1. The van der Waals surface area contributed by atoms with E-state index in [2.05, 4.69) is 35.5 Å². The Morgan fingerprint density at radius 3 is 2.72 bits per heavy atom. The van der Waals surface area contributed by atoms with Crippen LogP contribution in [0.1, 0.15) is 19.3 Å². The largest absolute Gasteiger partial charge is 0.335 e. The summed E-state index contributed by atoms with van der Waals surface area (Å²) in [6.45, 7) is 0. The topological polar surface area (TPSA) is 112 Å². The first-order chi connectivity index (χ1) is 19.0. The summed E-state index contributed by atoms with van der Waals surface area (Å²) in [5.74, 6) is -0.421. The van der Waals surface area contributed by atoms with Crippen LogP contribution in [0.3, 0.4) is 0 Å². The number of aromatic amines is 2. The van der Waals surface area contributed by atoms with E-state index in [-0.39, 0.29) is 23.2 Å². The Hall–Kier alpha value is -4.99. The first-order valence-electron chi connectivity index (χ1n) is 12.6. The summed E-state index contributed by atoms with van der Waals surface area (Å²) in [6.07, 6.45) is 7.66. The van der Waals surface area contributed by atoms with Gasteiger partial charge in [0.15, 0.2) is 17.3 Å². The number of hydrogen-bond acceptors (Lipinski definition) is 5. The van der Waals surface area contributed by atoms with Gasteiger partial charge in [-0.15, -0.1) is 0 Å². The molecule has 10 heteroatoms. The van der Waals surface area contributed by atoms with Gasteiger partial charge in [-0.1, -0.05) is 18.6 Å². The summed E-state index contributed by atoms with van der Waals surface area (Å²) >= 11 is 0. The molecule has 1 aliphatic carbocycles. The minimum Gasteiger partial charge on any atom is -0.335 e. The van der Waals surface area contributed by atoms with E-state index in [1.54, 1.807) is 42.9 Å². The monoisotopic (exact) mass is 521 g/mol. The number of anilines is 1. The van der Waals surface area contributed by atoms with Gasteiger partial charge < -0.3 is 10.3 Å². The van der Waals surface area contributed by atoms with Gasteiger partial charge in [0, 0.05) is 34.8 Å². The number of halogens is 2. The van der Waals surface area contributed by atoms with Crippen LogP contribution in [0.15, 0.2) is 67.1 Å². The number of nitrogens with one attached hydrogen (secondary N) is 3. The smallest absolute Gasteiger partial charge is 0.227 e. The second kappa shape index (κ2) is 9.09. The van der Waals surface area contributed by atoms with E-state index in [9.17, 15) is 9.18 Å². The van der Waals surface area contributed by atoms with Crippen molar-refractivity contribution in [2.45, 2.75) is 19.3 Å². The molecule has 1 fully saturated rings. The fourth-order valence-electron chi connectivity index (χ4n) is 4.93. The van der Waals surface area contributed by atoms with Gasteiger partial charge in [0.1, 0.15) is 17.0 Å². The summed E-state index contributed by atoms with van der Waals surface area (Å²) in [6, 6.07) is 13.0. The number of aromatic nitrogens is 6. The molecule has 1 aliphatic rings. The zero-order valence-electron chi connectivity index (χ0n) is 20.5. The summed E-state index contributed by atoms with van der Waals surface area (Å²) < 4.78 is 29.1. The normalized spacial score (nSPS) is 13.6. The number of benzene rings is 2. The van der Waals surface area contributed by atoms with Gasteiger partial charge in [-0.25, -0.2) is 18.7 Å². The summed E-state index contributed by atoms with van der Waals surface area (Å²) in [5, 5.41) is 10.5. The molecule has 4 aromatic heterocycles. The number of nitrogens with zero attached hydrogens (tertiary/aromatic N) is 4. The van der Waals surface area contributed by atoms with Crippen molar-refractivity contribution in [2.75, 3.05) is 5.32 Å². The third kappa shape index (κ3) is 4.10. The maximum absolute atomic E-state index is 15.2.